The Morgan fingerprint density at radius 3 is 2.86 bits per heavy atom. The van der Waals surface area contributed by atoms with Crippen LogP contribution in [0.3, 0.4) is 0 Å². The van der Waals surface area contributed by atoms with Crippen LogP contribution in [0, 0.1) is 11.3 Å². The molecule has 3 aromatic rings. The summed E-state index contributed by atoms with van der Waals surface area (Å²) in [5.41, 5.74) is 1.49. The minimum Gasteiger partial charge on any atom is -0.369 e. The van der Waals surface area contributed by atoms with Crippen LogP contribution in [0.4, 0.5) is 5.82 Å². The number of hydrogen-bond donors (Lipinski definition) is 1. The molecule has 0 saturated carbocycles. The van der Waals surface area contributed by atoms with Crippen LogP contribution < -0.4 is 5.32 Å². The average Bonchev–Trinajstić information content (AvgIpc) is 2.92. The number of rotatable bonds is 4. The second-order valence-corrected chi connectivity index (χ2v) is 7.12. The van der Waals surface area contributed by atoms with Crippen LogP contribution >= 0.6 is 27.3 Å². The minimum atomic E-state index is 0.584. The van der Waals surface area contributed by atoms with E-state index >= 15 is 0 Å². The molecule has 0 spiro atoms. The van der Waals surface area contributed by atoms with Gasteiger partial charge in [0.2, 0.25) is 0 Å². The molecule has 0 aliphatic rings. The van der Waals surface area contributed by atoms with Crippen molar-refractivity contribution in [2.45, 2.75) is 6.42 Å². The van der Waals surface area contributed by atoms with Crippen LogP contribution in [0.25, 0.3) is 10.9 Å². The third kappa shape index (κ3) is 3.23. The number of nitrogens with one attached hydrogen (secondary N) is 1. The smallest absolute Gasteiger partial charge is 0.144 e. The van der Waals surface area contributed by atoms with Crippen molar-refractivity contribution in [3.05, 3.63) is 56.7 Å². The summed E-state index contributed by atoms with van der Waals surface area (Å²) in [5.74, 6) is 0.659. The van der Waals surface area contributed by atoms with Crippen molar-refractivity contribution >= 4 is 44.0 Å². The van der Waals surface area contributed by atoms with E-state index in [4.69, 9.17) is 0 Å². The number of fused-ring (bicyclic) bond motifs is 1. The Hall–Kier alpha value is -1.90. The van der Waals surface area contributed by atoms with Crippen LogP contribution in [-0.4, -0.2) is 11.5 Å². The van der Waals surface area contributed by atoms with Gasteiger partial charge < -0.3 is 5.32 Å². The molecule has 0 atom stereocenters. The van der Waals surface area contributed by atoms with Crippen LogP contribution in [0.1, 0.15) is 10.4 Å². The summed E-state index contributed by atoms with van der Waals surface area (Å²) in [5, 5.41) is 13.5. The highest BCUT2D eigenvalue weighted by Crippen LogP contribution is 2.23. The number of nitrogens with zero attached hydrogens (tertiary/aromatic N) is 2. The zero-order valence-electron chi connectivity index (χ0n) is 11.1. The highest BCUT2D eigenvalue weighted by molar-refractivity contribution is 9.11. The van der Waals surface area contributed by atoms with Gasteiger partial charge in [-0.1, -0.05) is 18.2 Å². The van der Waals surface area contributed by atoms with Crippen molar-refractivity contribution in [2.75, 3.05) is 11.9 Å². The normalized spacial score (nSPS) is 10.5. The van der Waals surface area contributed by atoms with Crippen molar-refractivity contribution in [3.8, 4) is 6.07 Å². The molecule has 2 aromatic heterocycles. The molecule has 104 valence electrons. The van der Waals surface area contributed by atoms with Gasteiger partial charge in [-0.3, -0.25) is 0 Å². The molecule has 2 heterocycles. The summed E-state index contributed by atoms with van der Waals surface area (Å²) in [6.07, 6.45) is 0.912. The van der Waals surface area contributed by atoms with Crippen molar-refractivity contribution in [1.82, 2.24) is 4.98 Å². The van der Waals surface area contributed by atoms with E-state index in [0.717, 1.165) is 27.7 Å². The largest absolute Gasteiger partial charge is 0.369 e. The quantitative estimate of drug-likeness (QED) is 0.742. The number of halogens is 1. The monoisotopic (exact) mass is 357 g/mol. The fourth-order valence-electron chi connectivity index (χ4n) is 2.13. The molecule has 1 N–H and O–H groups in total. The van der Waals surface area contributed by atoms with E-state index in [0.29, 0.717) is 11.4 Å². The molecule has 0 fully saturated rings. The highest BCUT2D eigenvalue weighted by atomic mass is 79.9. The maximum atomic E-state index is 9.26. The van der Waals surface area contributed by atoms with Gasteiger partial charge in [0.15, 0.2) is 0 Å². The van der Waals surface area contributed by atoms with E-state index in [1.54, 1.807) is 11.3 Å². The maximum Gasteiger partial charge on any atom is 0.144 e. The molecule has 5 heteroatoms. The Labute approximate surface area is 135 Å². The molecule has 3 nitrogen and oxygen atoms in total. The summed E-state index contributed by atoms with van der Waals surface area (Å²) in [6, 6.07) is 16.1. The van der Waals surface area contributed by atoms with Crippen molar-refractivity contribution < 1.29 is 0 Å². The van der Waals surface area contributed by atoms with Gasteiger partial charge in [0.25, 0.3) is 0 Å². The molecule has 0 amide bonds. The molecule has 21 heavy (non-hydrogen) atoms. The van der Waals surface area contributed by atoms with Crippen molar-refractivity contribution in [2.24, 2.45) is 0 Å². The van der Waals surface area contributed by atoms with Crippen LogP contribution in [0.2, 0.25) is 0 Å². The predicted molar refractivity (Wildman–Crippen MR) is 90.7 cm³/mol. The average molecular weight is 358 g/mol. The third-order valence-electron chi connectivity index (χ3n) is 3.14. The fourth-order valence-corrected chi connectivity index (χ4v) is 3.61. The minimum absolute atomic E-state index is 0.584. The first-order chi connectivity index (χ1) is 10.3. The molecule has 1 aromatic carbocycles. The van der Waals surface area contributed by atoms with Gasteiger partial charge in [-0.05, 0) is 46.6 Å². The number of pyridine rings is 1. The lowest BCUT2D eigenvalue weighted by Crippen LogP contribution is -2.07. The van der Waals surface area contributed by atoms with E-state index in [1.807, 2.05) is 30.3 Å². The number of benzene rings is 1. The Balaban J connectivity index is 1.78. The summed E-state index contributed by atoms with van der Waals surface area (Å²) in [7, 11) is 0. The van der Waals surface area contributed by atoms with Crippen molar-refractivity contribution in [1.29, 1.82) is 5.26 Å². The molecule has 0 unspecified atom stereocenters. The molecular weight excluding hydrogens is 346 g/mol. The van der Waals surface area contributed by atoms with E-state index in [1.165, 1.54) is 4.88 Å². The third-order valence-corrected chi connectivity index (χ3v) is 4.82. The number of nitriles is 1. The number of anilines is 1. The lowest BCUT2D eigenvalue weighted by molar-refractivity contribution is 1.03. The molecular formula is C16H12BrN3S. The number of aromatic nitrogens is 1. The number of para-hydroxylation sites is 1. The van der Waals surface area contributed by atoms with Crippen LogP contribution in [0.15, 0.2) is 46.3 Å². The fraction of sp³-hybridized carbons (Fsp3) is 0.125. The van der Waals surface area contributed by atoms with Gasteiger partial charge in [0.1, 0.15) is 11.9 Å². The Bertz CT molecular complexity index is 820. The second kappa shape index (κ2) is 6.25. The summed E-state index contributed by atoms with van der Waals surface area (Å²) in [6.45, 7) is 0.757. The SMILES string of the molecule is N#Cc1cc2ccccc2nc1NCCc1ccc(Br)s1. The molecule has 0 aliphatic carbocycles. The van der Waals surface area contributed by atoms with Crippen molar-refractivity contribution in [3.63, 3.8) is 0 Å². The maximum absolute atomic E-state index is 9.26. The zero-order chi connectivity index (χ0) is 14.7. The first-order valence-corrected chi connectivity index (χ1v) is 8.15. The van der Waals surface area contributed by atoms with E-state index < -0.39 is 0 Å². The van der Waals surface area contributed by atoms with Gasteiger partial charge >= 0.3 is 0 Å². The highest BCUT2D eigenvalue weighted by Gasteiger charge is 2.06. The number of thiophene rings is 1. The standard InChI is InChI=1S/C16H12BrN3S/c17-15-6-5-13(21-15)7-8-19-16-12(10-18)9-11-3-1-2-4-14(11)20-16/h1-6,9H,7-8H2,(H,19,20). The summed E-state index contributed by atoms with van der Waals surface area (Å²) < 4.78 is 1.14. The topological polar surface area (TPSA) is 48.7 Å². The zero-order valence-corrected chi connectivity index (χ0v) is 13.5. The van der Waals surface area contributed by atoms with Gasteiger partial charge in [-0.2, -0.15) is 5.26 Å². The van der Waals surface area contributed by atoms with Crippen LogP contribution in [0.5, 0.6) is 0 Å². The Kier molecular flexibility index (Phi) is 4.18. The van der Waals surface area contributed by atoms with Crippen LogP contribution in [-0.2, 0) is 6.42 Å². The predicted octanol–water partition coefficient (Wildman–Crippen LogP) is 4.59. The lowest BCUT2D eigenvalue weighted by Gasteiger charge is -2.08. The molecule has 0 radical (unpaired) electrons. The summed E-state index contributed by atoms with van der Waals surface area (Å²) in [4.78, 5) is 5.84. The van der Waals surface area contributed by atoms with Gasteiger partial charge in [-0.25, -0.2) is 4.98 Å². The lowest BCUT2D eigenvalue weighted by atomic mass is 10.1. The van der Waals surface area contributed by atoms with Gasteiger partial charge in [-0.15, -0.1) is 11.3 Å². The van der Waals surface area contributed by atoms with Gasteiger partial charge in [0.05, 0.1) is 14.9 Å². The number of hydrogen-bond acceptors (Lipinski definition) is 4. The Morgan fingerprint density at radius 2 is 2.10 bits per heavy atom. The van der Waals surface area contributed by atoms with E-state index in [-0.39, 0.29) is 0 Å². The first kappa shape index (κ1) is 14.1. The second-order valence-electron chi connectivity index (χ2n) is 4.57. The molecule has 0 bridgehead atoms. The molecule has 3 rings (SSSR count). The molecule has 0 saturated heterocycles. The Morgan fingerprint density at radius 1 is 1.24 bits per heavy atom. The molecule has 0 aliphatic heterocycles. The first-order valence-electron chi connectivity index (χ1n) is 6.54. The summed E-state index contributed by atoms with van der Waals surface area (Å²) >= 11 is 5.19. The van der Waals surface area contributed by atoms with E-state index in [9.17, 15) is 5.26 Å². The van der Waals surface area contributed by atoms with E-state index in [2.05, 4.69) is 44.4 Å². The van der Waals surface area contributed by atoms with Gasteiger partial charge in [0, 0.05) is 16.8 Å².